The SMILES string of the molecule is CN1CC(=O)N(c2ccccc2)CC12CCN(S(=O)(=O)c1ccc(F)cc1)C2. The highest BCUT2D eigenvalue weighted by Crippen LogP contribution is 2.35. The molecule has 0 N–H and O–H groups in total. The molecule has 2 aliphatic heterocycles. The molecular formula is C20H22FN3O3S. The van der Waals surface area contributed by atoms with E-state index in [0.29, 0.717) is 26.1 Å². The number of benzene rings is 2. The van der Waals surface area contributed by atoms with Crippen molar-refractivity contribution in [1.29, 1.82) is 0 Å². The number of hydrogen-bond acceptors (Lipinski definition) is 4. The van der Waals surface area contributed by atoms with Crippen LogP contribution < -0.4 is 4.90 Å². The zero-order chi connectivity index (χ0) is 19.9. The quantitative estimate of drug-likeness (QED) is 0.786. The van der Waals surface area contributed by atoms with Gasteiger partial charge in [-0.15, -0.1) is 0 Å². The van der Waals surface area contributed by atoms with E-state index in [-0.39, 0.29) is 17.3 Å². The number of likely N-dealkylation sites (N-methyl/N-ethyl adjacent to an activating group) is 1. The number of para-hydroxylation sites is 1. The molecule has 0 bridgehead atoms. The van der Waals surface area contributed by atoms with Crippen LogP contribution in [0.4, 0.5) is 10.1 Å². The first-order valence-electron chi connectivity index (χ1n) is 9.14. The molecule has 2 heterocycles. The van der Waals surface area contributed by atoms with Crippen LogP contribution in [0.1, 0.15) is 6.42 Å². The first-order chi connectivity index (χ1) is 13.3. The van der Waals surface area contributed by atoms with Crippen LogP contribution in [0, 0.1) is 5.82 Å². The van der Waals surface area contributed by atoms with Gasteiger partial charge in [0.25, 0.3) is 0 Å². The van der Waals surface area contributed by atoms with E-state index < -0.39 is 21.4 Å². The zero-order valence-corrected chi connectivity index (χ0v) is 16.4. The second-order valence-corrected chi connectivity index (χ2v) is 9.38. The van der Waals surface area contributed by atoms with E-state index >= 15 is 0 Å². The van der Waals surface area contributed by atoms with Gasteiger partial charge in [0.2, 0.25) is 15.9 Å². The maximum Gasteiger partial charge on any atom is 0.243 e. The fourth-order valence-corrected chi connectivity index (χ4v) is 5.54. The monoisotopic (exact) mass is 403 g/mol. The number of carbonyl (C=O) groups excluding carboxylic acids is 1. The van der Waals surface area contributed by atoms with Crippen molar-refractivity contribution in [2.45, 2.75) is 16.9 Å². The molecule has 0 aromatic heterocycles. The first kappa shape index (κ1) is 19.0. The minimum Gasteiger partial charge on any atom is -0.309 e. The van der Waals surface area contributed by atoms with E-state index in [1.54, 1.807) is 4.90 Å². The molecule has 0 aliphatic carbocycles. The van der Waals surface area contributed by atoms with Gasteiger partial charge in [0, 0.05) is 25.3 Å². The highest BCUT2D eigenvalue weighted by atomic mass is 32.2. The summed E-state index contributed by atoms with van der Waals surface area (Å²) in [6.45, 7) is 1.32. The Balaban J connectivity index is 1.60. The summed E-state index contributed by atoms with van der Waals surface area (Å²) in [6.07, 6.45) is 0.626. The largest absolute Gasteiger partial charge is 0.309 e. The molecule has 1 atom stereocenters. The molecule has 8 heteroatoms. The van der Waals surface area contributed by atoms with Crippen molar-refractivity contribution in [3.05, 3.63) is 60.4 Å². The van der Waals surface area contributed by atoms with Crippen LogP contribution in [0.5, 0.6) is 0 Å². The summed E-state index contributed by atoms with van der Waals surface area (Å²) in [5.74, 6) is -0.472. The summed E-state index contributed by atoms with van der Waals surface area (Å²) in [5.41, 5.74) is 0.372. The standard InChI is InChI=1S/C20H22FN3O3S/c1-22-13-19(25)24(17-5-3-2-4-6-17)15-20(22)11-12-23(14-20)28(26,27)18-9-7-16(21)8-10-18/h2-10H,11-15H2,1H3. The molecule has 6 nitrogen and oxygen atoms in total. The lowest BCUT2D eigenvalue weighted by atomic mass is 9.92. The van der Waals surface area contributed by atoms with Crippen LogP contribution >= 0.6 is 0 Å². The predicted molar refractivity (Wildman–Crippen MR) is 104 cm³/mol. The average molecular weight is 403 g/mol. The van der Waals surface area contributed by atoms with Gasteiger partial charge in [-0.2, -0.15) is 4.31 Å². The number of rotatable bonds is 3. The van der Waals surface area contributed by atoms with Gasteiger partial charge in [0.15, 0.2) is 0 Å². The van der Waals surface area contributed by atoms with Gasteiger partial charge in [0.05, 0.1) is 17.0 Å². The number of sulfonamides is 1. The molecule has 1 unspecified atom stereocenters. The molecule has 2 aromatic rings. The molecular weight excluding hydrogens is 381 g/mol. The molecule has 0 radical (unpaired) electrons. The normalized spacial score (nSPS) is 24.2. The summed E-state index contributed by atoms with van der Waals surface area (Å²) in [4.78, 5) is 16.4. The van der Waals surface area contributed by atoms with E-state index in [1.807, 2.05) is 42.3 Å². The number of carbonyl (C=O) groups is 1. The van der Waals surface area contributed by atoms with Gasteiger partial charge in [0.1, 0.15) is 5.82 Å². The molecule has 2 saturated heterocycles. The molecule has 148 valence electrons. The van der Waals surface area contributed by atoms with Crippen LogP contribution in [-0.2, 0) is 14.8 Å². The Kier molecular flexibility index (Phi) is 4.73. The summed E-state index contributed by atoms with van der Waals surface area (Å²) < 4.78 is 40.6. The van der Waals surface area contributed by atoms with Crippen molar-refractivity contribution in [3.8, 4) is 0 Å². The summed E-state index contributed by atoms with van der Waals surface area (Å²) in [5, 5.41) is 0. The third kappa shape index (κ3) is 3.21. The molecule has 28 heavy (non-hydrogen) atoms. The number of nitrogens with zero attached hydrogens (tertiary/aromatic N) is 3. The van der Waals surface area contributed by atoms with Gasteiger partial charge in [-0.1, -0.05) is 18.2 Å². The van der Waals surface area contributed by atoms with Gasteiger partial charge < -0.3 is 4.90 Å². The van der Waals surface area contributed by atoms with E-state index in [1.165, 1.54) is 16.4 Å². The Bertz CT molecular complexity index is 982. The number of hydrogen-bond donors (Lipinski definition) is 0. The highest BCUT2D eigenvalue weighted by molar-refractivity contribution is 7.89. The third-order valence-electron chi connectivity index (χ3n) is 5.75. The summed E-state index contributed by atoms with van der Waals surface area (Å²) in [7, 11) is -1.84. The third-order valence-corrected chi connectivity index (χ3v) is 7.61. The number of amides is 1. The Labute approximate surface area is 164 Å². The Hall–Kier alpha value is -2.29. The summed E-state index contributed by atoms with van der Waals surface area (Å²) >= 11 is 0. The lowest BCUT2D eigenvalue weighted by Crippen LogP contribution is -2.64. The van der Waals surface area contributed by atoms with E-state index in [9.17, 15) is 17.6 Å². The second kappa shape index (κ2) is 6.95. The average Bonchev–Trinajstić information content (AvgIpc) is 3.12. The number of halogens is 1. The van der Waals surface area contributed by atoms with Crippen LogP contribution in [0.2, 0.25) is 0 Å². The second-order valence-electron chi connectivity index (χ2n) is 7.44. The van der Waals surface area contributed by atoms with Crippen LogP contribution in [0.25, 0.3) is 0 Å². The van der Waals surface area contributed by atoms with Crippen LogP contribution in [0.15, 0.2) is 59.5 Å². The lowest BCUT2D eigenvalue weighted by Gasteiger charge is -2.46. The molecule has 2 fully saturated rings. The Morgan fingerprint density at radius 2 is 1.68 bits per heavy atom. The molecule has 4 rings (SSSR count). The lowest BCUT2D eigenvalue weighted by molar-refractivity contribution is -0.123. The highest BCUT2D eigenvalue weighted by Gasteiger charge is 2.50. The first-order valence-corrected chi connectivity index (χ1v) is 10.6. The van der Waals surface area contributed by atoms with Crippen molar-refractivity contribution < 1.29 is 17.6 Å². The minimum atomic E-state index is -3.71. The van der Waals surface area contributed by atoms with E-state index in [4.69, 9.17) is 0 Å². The van der Waals surface area contributed by atoms with E-state index in [2.05, 4.69) is 0 Å². The van der Waals surface area contributed by atoms with Gasteiger partial charge in [-0.3, -0.25) is 9.69 Å². The smallest absolute Gasteiger partial charge is 0.243 e. The molecule has 1 amide bonds. The molecule has 0 saturated carbocycles. The molecule has 1 spiro atoms. The van der Waals surface area contributed by atoms with Gasteiger partial charge in [-0.25, -0.2) is 12.8 Å². The zero-order valence-electron chi connectivity index (χ0n) is 15.6. The maximum absolute atomic E-state index is 13.2. The molecule has 2 aromatic carbocycles. The van der Waals surface area contributed by atoms with Crippen LogP contribution in [0.3, 0.4) is 0 Å². The van der Waals surface area contributed by atoms with E-state index in [0.717, 1.165) is 17.8 Å². The fraction of sp³-hybridized carbons (Fsp3) is 0.350. The fourth-order valence-electron chi connectivity index (χ4n) is 4.02. The summed E-state index contributed by atoms with van der Waals surface area (Å²) in [6, 6.07) is 14.3. The Morgan fingerprint density at radius 3 is 2.36 bits per heavy atom. The maximum atomic E-state index is 13.2. The van der Waals surface area contributed by atoms with Crippen molar-refractivity contribution in [3.63, 3.8) is 0 Å². The van der Waals surface area contributed by atoms with Crippen molar-refractivity contribution in [1.82, 2.24) is 9.21 Å². The predicted octanol–water partition coefficient (Wildman–Crippen LogP) is 1.94. The van der Waals surface area contributed by atoms with Crippen molar-refractivity contribution in [2.75, 3.05) is 38.1 Å². The molecule has 2 aliphatic rings. The van der Waals surface area contributed by atoms with Crippen molar-refractivity contribution in [2.24, 2.45) is 0 Å². The van der Waals surface area contributed by atoms with Gasteiger partial charge in [-0.05, 0) is 49.9 Å². The van der Waals surface area contributed by atoms with Gasteiger partial charge >= 0.3 is 0 Å². The van der Waals surface area contributed by atoms with Crippen LogP contribution in [-0.4, -0.2) is 62.3 Å². The topological polar surface area (TPSA) is 60.9 Å². The minimum absolute atomic E-state index is 0.000772. The van der Waals surface area contributed by atoms with Crippen molar-refractivity contribution >= 4 is 21.6 Å². The Morgan fingerprint density at radius 1 is 1.00 bits per heavy atom. The number of piperazine rings is 1. The number of anilines is 1.